The van der Waals surface area contributed by atoms with E-state index in [-0.39, 0.29) is 5.56 Å². The fourth-order valence-electron chi connectivity index (χ4n) is 1.90. The van der Waals surface area contributed by atoms with Crippen LogP contribution in [0.1, 0.15) is 17.7 Å². The first kappa shape index (κ1) is 12.8. The average Bonchev–Trinajstić information content (AvgIpc) is 3.10. The normalized spacial score (nSPS) is 12.4. The second kappa shape index (κ2) is 5.42. The highest BCUT2D eigenvalue weighted by Crippen LogP contribution is 2.30. The lowest BCUT2D eigenvalue weighted by Gasteiger charge is -2.11. The van der Waals surface area contributed by atoms with Gasteiger partial charge in [-0.1, -0.05) is 24.3 Å². The third-order valence-electron chi connectivity index (χ3n) is 2.95. The van der Waals surface area contributed by atoms with Crippen LogP contribution >= 0.6 is 11.9 Å². The number of H-pyrrole nitrogens is 1. The van der Waals surface area contributed by atoms with Crippen LogP contribution in [0.25, 0.3) is 11.3 Å². The number of aromatic amines is 1. The first-order valence-corrected chi connectivity index (χ1v) is 7.00. The van der Waals surface area contributed by atoms with E-state index in [1.165, 1.54) is 11.6 Å². The molecule has 0 saturated carbocycles. The van der Waals surface area contributed by atoms with E-state index in [9.17, 15) is 4.79 Å². The molecule has 0 spiro atoms. The SMILES string of the molecule is C[C@@H](Sn1ccnc1)c1ccc(-c2cc(=O)[nH]o2)cc1. The molecule has 0 bridgehead atoms. The molecule has 5 nitrogen and oxygen atoms in total. The highest BCUT2D eigenvalue weighted by atomic mass is 32.2. The van der Waals surface area contributed by atoms with Gasteiger partial charge in [-0.05, 0) is 24.4 Å². The van der Waals surface area contributed by atoms with E-state index >= 15 is 0 Å². The highest BCUT2D eigenvalue weighted by Gasteiger charge is 2.09. The topological polar surface area (TPSA) is 63.8 Å². The lowest BCUT2D eigenvalue weighted by Crippen LogP contribution is -1.93. The Hall–Kier alpha value is -2.21. The third kappa shape index (κ3) is 2.70. The molecule has 2 heterocycles. The molecule has 3 rings (SSSR count). The molecule has 0 aliphatic rings. The Morgan fingerprint density at radius 2 is 2.15 bits per heavy atom. The average molecular weight is 287 g/mol. The van der Waals surface area contributed by atoms with Crippen LogP contribution in [0, 0.1) is 0 Å². The van der Waals surface area contributed by atoms with Crippen LogP contribution in [0.4, 0.5) is 0 Å². The van der Waals surface area contributed by atoms with Crippen LogP contribution < -0.4 is 5.56 Å². The van der Waals surface area contributed by atoms with Gasteiger partial charge in [0.1, 0.15) is 6.33 Å². The van der Waals surface area contributed by atoms with Crippen molar-refractivity contribution < 1.29 is 4.52 Å². The summed E-state index contributed by atoms with van der Waals surface area (Å²) >= 11 is 1.68. The van der Waals surface area contributed by atoms with E-state index in [4.69, 9.17) is 4.52 Å². The van der Waals surface area contributed by atoms with Crippen LogP contribution in [0.3, 0.4) is 0 Å². The molecule has 1 atom stereocenters. The summed E-state index contributed by atoms with van der Waals surface area (Å²) in [5.74, 6) is 0.552. The van der Waals surface area contributed by atoms with Crippen molar-refractivity contribution in [2.45, 2.75) is 12.2 Å². The van der Waals surface area contributed by atoms with Crippen LogP contribution in [-0.2, 0) is 0 Å². The first-order valence-electron chi connectivity index (χ1n) is 6.16. The maximum Gasteiger partial charge on any atom is 0.280 e. The van der Waals surface area contributed by atoms with Crippen molar-refractivity contribution >= 4 is 11.9 Å². The number of aromatic nitrogens is 3. The smallest absolute Gasteiger partial charge is 0.280 e. The minimum atomic E-state index is -0.229. The third-order valence-corrected chi connectivity index (χ3v) is 4.00. The van der Waals surface area contributed by atoms with E-state index in [1.807, 2.05) is 34.4 Å². The molecule has 20 heavy (non-hydrogen) atoms. The minimum absolute atomic E-state index is 0.229. The van der Waals surface area contributed by atoms with Gasteiger partial charge >= 0.3 is 0 Å². The summed E-state index contributed by atoms with van der Waals surface area (Å²) in [5.41, 5.74) is 1.85. The number of nitrogens with one attached hydrogen (secondary N) is 1. The molecule has 0 amide bonds. The molecule has 102 valence electrons. The van der Waals surface area contributed by atoms with Gasteiger partial charge in [0.25, 0.3) is 5.56 Å². The zero-order valence-corrected chi connectivity index (χ0v) is 11.6. The second-order valence-corrected chi connectivity index (χ2v) is 5.71. The maximum absolute atomic E-state index is 11.1. The molecule has 0 saturated heterocycles. The molecular formula is C14H13N3O2S. The number of imidazole rings is 1. The molecule has 1 N–H and O–H groups in total. The number of hydrogen-bond donors (Lipinski definition) is 1. The molecule has 2 aromatic heterocycles. The summed E-state index contributed by atoms with van der Waals surface area (Å²) in [6.45, 7) is 2.14. The monoisotopic (exact) mass is 287 g/mol. The lowest BCUT2D eigenvalue weighted by molar-refractivity contribution is 0.426. The Labute approximate surface area is 119 Å². The van der Waals surface area contributed by atoms with E-state index < -0.39 is 0 Å². The van der Waals surface area contributed by atoms with Crippen molar-refractivity contribution in [2.24, 2.45) is 0 Å². The standard InChI is InChI=1S/C14H13N3O2S/c1-10(20-17-7-6-15-9-17)11-2-4-12(5-3-11)13-8-14(18)16-19-13/h2-10H,1H3,(H,16,18)/t10-/m1/s1. The van der Waals surface area contributed by atoms with Crippen molar-refractivity contribution in [3.8, 4) is 11.3 Å². The fraction of sp³-hybridized carbons (Fsp3) is 0.143. The Kier molecular flexibility index (Phi) is 3.47. The highest BCUT2D eigenvalue weighted by molar-refractivity contribution is 7.98. The molecule has 3 aromatic rings. The fourth-order valence-corrected chi connectivity index (χ4v) is 2.77. The summed E-state index contributed by atoms with van der Waals surface area (Å²) < 4.78 is 7.06. The Bertz CT molecular complexity index is 728. The molecule has 0 radical (unpaired) electrons. The number of hydrogen-bond acceptors (Lipinski definition) is 4. The van der Waals surface area contributed by atoms with Crippen molar-refractivity contribution in [1.82, 2.24) is 14.1 Å². The molecule has 6 heteroatoms. The predicted octanol–water partition coefficient (Wildman–Crippen LogP) is 3.09. The van der Waals surface area contributed by atoms with E-state index in [1.54, 1.807) is 24.5 Å². The van der Waals surface area contributed by atoms with Crippen molar-refractivity contribution in [3.05, 3.63) is 65.0 Å². The summed E-state index contributed by atoms with van der Waals surface area (Å²) in [7, 11) is 0. The summed E-state index contributed by atoms with van der Waals surface area (Å²) in [5, 5.41) is 2.59. The second-order valence-electron chi connectivity index (χ2n) is 4.37. The van der Waals surface area contributed by atoms with Gasteiger partial charge in [-0.3, -0.25) is 8.77 Å². The van der Waals surface area contributed by atoms with Gasteiger partial charge in [-0.25, -0.2) is 4.98 Å². The van der Waals surface area contributed by atoms with Gasteiger partial charge < -0.3 is 4.52 Å². The van der Waals surface area contributed by atoms with E-state index in [0.29, 0.717) is 11.0 Å². The van der Waals surface area contributed by atoms with Gasteiger partial charge in [0.05, 0.1) is 6.07 Å². The lowest BCUT2D eigenvalue weighted by atomic mass is 10.1. The van der Waals surface area contributed by atoms with Crippen LogP contribution in [0.5, 0.6) is 0 Å². The molecule has 0 unspecified atom stereocenters. The molecule has 1 aromatic carbocycles. The van der Waals surface area contributed by atoms with Gasteiger partial charge in [-0.15, -0.1) is 0 Å². The Morgan fingerprint density at radius 1 is 1.35 bits per heavy atom. The largest absolute Gasteiger partial charge is 0.378 e. The minimum Gasteiger partial charge on any atom is -0.378 e. The summed E-state index contributed by atoms with van der Waals surface area (Å²) in [4.78, 5) is 15.1. The molecule has 0 aliphatic heterocycles. The number of benzene rings is 1. The van der Waals surface area contributed by atoms with Gasteiger partial charge in [0.15, 0.2) is 5.76 Å². The zero-order valence-electron chi connectivity index (χ0n) is 10.8. The van der Waals surface area contributed by atoms with Crippen LogP contribution in [0.15, 0.2) is 58.4 Å². The Balaban J connectivity index is 1.77. The Morgan fingerprint density at radius 3 is 2.75 bits per heavy atom. The van der Waals surface area contributed by atoms with E-state index in [0.717, 1.165) is 5.56 Å². The van der Waals surface area contributed by atoms with Crippen molar-refractivity contribution in [1.29, 1.82) is 0 Å². The van der Waals surface area contributed by atoms with E-state index in [2.05, 4.69) is 17.1 Å². The molecular weight excluding hydrogens is 274 g/mol. The van der Waals surface area contributed by atoms with Crippen molar-refractivity contribution in [3.63, 3.8) is 0 Å². The number of rotatable bonds is 4. The van der Waals surface area contributed by atoms with Gasteiger partial charge in [-0.2, -0.15) is 5.16 Å². The molecule has 0 aliphatic carbocycles. The van der Waals surface area contributed by atoms with Gasteiger partial charge in [0, 0.05) is 23.2 Å². The zero-order chi connectivity index (χ0) is 13.9. The predicted molar refractivity (Wildman–Crippen MR) is 78.4 cm³/mol. The van der Waals surface area contributed by atoms with Crippen LogP contribution in [0.2, 0.25) is 0 Å². The number of nitrogens with zero attached hydrogens (tertiary/aromatic N) is 2. The summed E-state index contributed by atoms with van der Waals surface area (Å²) in [6.07, 6.45) is 5.46. The quantitative estimate of drug-likeness (QED) is 0.801. The molecule has 0 fully saturated rings. The first-order chi connectivity index (χ1) is 9.72. The maximum atomic E-state index is 11.1. The van der Waals surface area contributed by atoms with Gasteiger partial charge in [0.2, 0.25) is 0 Å². The summed E-state index contributed by atoms with van der Waals surface area (Å²) in [6, 6.07) is 9.42. The van der Waals surface area contributed by atoms with Crippen LogP contribution in [-0.4, -0.2) is 14.1 Å². The van der Waals surface area contributed by atoms with Crippen molar-refractivity contribution in [2.75, 3.05) is 0 Å².